The number of rotatable bonds is 5. The van der Waals surface area contributed by atoms with Gasteiger partial charge >= 0.3 is 6.18 Å². The second-order valence-corrected chi connectivity index (χ2v) is 6.53. The fraction of sp³-hybridized carbons (Fsp3) is 0.400. The van der Waals surface area contributed by atoms with Crippen molar-refractivity contribution >= 4 is 11.7 Å². The summed E-state index contributed by atoms with van der Waals surface area (Å²) in [6.07, 6.45) is -2.29. The van der Waals surface area contributed by atoms with E-state index in [1.165, 1.54) is 6.20 Å². The Balaban J connectivity index is 1.52. The van der Waals surface area contributed by atoms with Gasteiger partial charge in [-0.25, -0.2) is 4.98 Å². The van der Waals surface area contributed by atoms with Crippen LogP contribution in [0.3, 0.4) is 0 Å². The van der Waals surface area contributed by atoms with Crippen LogP contribution in [0.15, 0.2) is 48.7 Å². The normalized spacial score (nSPS) is 15.2. The number of carbonyl (C=O) groups excluding carboxylic acids is 1. The summed E-state index contributed by atoms with van der Waals surface area (Å²) in [5, 5.41) is 0. The fourth-order valence-corrected chi connectivity index (χ4v) is 3.09. The van der Waals surface area contributed by atoms with Gasteiger partial charge in [-0.15, -0.1) is 0 Å². The van der Waals surface area contributed by atoms with Gasteiger partial charge in [-0.1, -0.05) is 18.2 Å². The van der Waals surface area contributed by atoms with Crippen LogP contribution in [0.5, 0.6) is 5.75 Å². The van der Waals surface area contributed by atoms with Gasteiger partial charge in [0.25, 0.3) is 0 Å². The molecule has 0 aliphatic carbocycles. The molecule has 28 heavy (non-hydrogen) atoms. The zero-order valence-corrected chi connectivity index (χ0v) is 15.4. The van der Waals surface area contributed by atoms with Crippen molar-refractivity contribution in [2.24, 2.45) is 0 Å². The highest BCUT2D eigenvalue weighted by atomic mass is 19.4. The third kappa shape index (κ3) is 5.37. The predicted octanol–water partition coefficient (Wildman–Crippen LogP) is 3.61. The molecule has 1 aliphatic heterocycles. The van der Waals surface area contributed by atoms with E-state index >= 15 is 0 Å². The van der Waals surface area contributed by atoms with Crippen LogP contribution in [0.25, 0.3) is 0 Å². The number of hydrogen-bond donors (Lipinski definition) is 0. The summed E-state index contributed by atoms with van der Waals surface area (Å²) in [6.45, 7) is 2.30. The molecule has 1 aromatic heterocycles. The number of para-hydroxylation sites is 1. The minimum atomic E-state index is -4.40. The molecule has 0 bridgehead atoms. The highest BCUT2D eigenvalue weighted by Crippen LogP contribution is 2.30. The highest BCUT2D eigenvalue weighted by molar-refractivity contribution is 5.76. The Hall–Kier alpha value is -2.77. The van der Waals surface area contributed by atoms with E-state index in [9.17, 15) is 18.0 Å². The number of nitrogens with zero attached hydrogens (tertiary/aromatic N) is 3. The summed E-state index contributed by atoms with van der Waals surface area (Å²) >= 11 is 0. The van der Waals surface area contributed by atoms with Gasteiger partial charge in [0.05, 0.1) is 18.6 Å². The van der Waals surface area contributed by atoms with E-state index in [0.29, 0.717) is 38.3 Å². The van der Waals surface area contributed by atoms with Gasteiger partial charge < -0.3 is 14.5 Å². The van der Waals surface area contributed by atoms with Crippen LogP contribution in [-0.4, -0.2) is 48.6 Å². The third-order valence-corrected chi connectivity index (χ3v) is 4.57. The predicted molar refractivity (Wildman–Crippen MR) is 99.2 cm³/mol. The first-order valence-corrected chi connectivity index (χ1v) is 9.17. The van der Waals surface area contributed by atoms with Crippen LogP contribution < -0.4 is 9.64 Å². The molecule has 2 aromatic rings. The topological polar surface area (TPSA) is 45.7 Å². The molecule has 1 aliphatic rings. The van der Waals surface area contributed by atoms with Crippen LogP contribution in [0.1, 0.15) is 18.4 Å². The molecule has 1 aromatic carbocycles. The Labute approximate surface area is 161 Å². The van der Waals surface area contributed by atoms with Crippen molar-refractivity contribution in [2.75, 3.05) is 37.7 Å². The lowest BCUT2D eigenvalue weighted by atomic mass is 10.2. The lowest BCUT2D eigenvalue weighted by Gasteiger charge is -2.23. The van der Waals surface area contributed by atoms with Crippen LogP contribution in [-0.2, 0) is 11.0 Å². The van der Waals surface area contributed by atoms with Gasteiger partial charge in [0.15, 0.2) is 0 Å². The number of amides is 1. The number of carbonyl (C=O) groups is 1. The van der Waals surface area contributed by atoms with Crippen molar-refractivity contribution in [2.45, 2.75) is 19.0 Å². The minimum Gasteiger partial charge on any atom is -0.493 e. The smallest absolute Gasteiger partial charge is 0.416 e. The summed E-state index contributed by atoms with van der Waals surface area (Å²) in [7, 11) is 0. The maximum Gasteiger partial charge on any atom is 0.416 e. The molecule has 1 saturated heterocycles. The van der Waals surface area contributed by atoms with Crippen LogP contribution in [0, 0.1) is 0 Å². The number of pyridine rings is 1. The summed E-state index contributed by atoms with van der Waals surface area (Å²) in [6, 6.07) is 11.3. The molecule has 1 fully saturated rings. The standard InChI is InChI=1S/C20H22F3N3O2/c21-20(22,23)16-7-9-24-18(15-16)25-10-4-11-26(13-12-25)19(27)8-14-28-17-5-2-1-3-6-17/h1-3,5-7,9,15H,4,8,10-14H2. The third-order valence-electron chi connectivity index (χ3n) is 4.57. The summed E-state index contributed by atoms with van der Waals surface area (Å²) in [4.78, 5) is 20.0. The first kappa shape index (κ1) is 20.0. The molecule has 5 nitrogen and oxygen atoms in total. The van der Waals surface area contributed by atoms with Gasteiger partial charge in [-0.05, 0) is 30.7 Å². The van der Waals surface area contributed by atoms with Crippen LogP contribution >= 0.6 is 0 Å². The Bertz CT molecular complexity index is 784. The maximum absolute atomic E-state index is 12.9. The van der Waals surface area contributed by atoms with E-state index in [4.69, 9.17) is 4.74 Å². The molecule has 0 radical (unpaired) electrons. The molecule has 3 rings (SSSR count). The molecule has 0 atom stereocenters. The lowest BCUT2D eigenvalue weighted by molar-refractivity contribution is -0.137. The molecule has 0 unspecified atom stereocenters. The molecular formula is C20H22F3N3O2. The van der Waals surface area contributed by atoms with Gasteiger partial charge in [-0.3, -0.25) is 4.79 Å². The number of ether oxygens (including phenoxy) is 1. The molecule has 0 saturated carbocycles. The second kappa shape index (κ2) is 8.95. The number of benzene rings is 1. The Morgan fingerprint density at radius 3 is 2.61 bits per heavy atom. The molecule has 0 spiro atoms. The first-order chi connectivity index (χ1) is 13.4. The Morgan fingerprint density at radius 2 is 1.86 bits per heavy atom. The van der Waals surface area contributed by atoms with Gasteiger partial charge in [0.2, 0.25) is 5.91 Å². The van der Waals surface area contributed by atoms with Gasteiger partial charge in [-0.2, -0.15) is 13.2 Å². The number of anilines is 1. The van der Waals surface area contributed by atoms with Crippen molar-refractivity contribution in [1.82, 2.24) is 9.88 Å². The average molecular weight is 393 g/mol. The molecule has 8 heteroatoms. The molecule has 1 amide bonds. The highest BCUT2D eigenvalue weighted by Gasteiger charge is 2.31. The zero-order valence-electron chi connectivity index (χ0n) is 15.4. The van der Waals surface area contributed by atoms with E-state index < -0.39 is 11.7 Å². The fourth-order valence-electron chi connectivity index (χ4n) is 3.09. The summed E-state index contributed by atoms with van der Waals surface area (Å²) in [5.41, 5.74) is -0.715. The van der Waals surface area contributed by atoms with E-state index in [0.717, 1.165) is 12.1 Å². The quantitative estimate of drug-likeness (QED) is 0.779. The number of hydrogen-bond acceptors (Lipinski definition) is 4. The first-order valence-electron chi connectivity index (χ1n) is 9.17. The maximum atomic E-state index is 12.9. The van der Waals surface area contributed by atoms with Crippen molar-refractivity contribution in [3.63, 3.8) is 0 Å². The molecule has 2 heterocycles. The summed E-state index contributed by atoms with van der Waals surface area (Å²) < 4.78 is 44.3. The molecule has 0 N–H and O–H groups in total. The number of aromatic nitrogens is 1. The van der Waals surface area contributed by atoms with E-state index in [-0.39, 0.29) is 24.8 Å². The average Bonchev–Trinajstić information content (AvgIpc) is 2.94. The lowest BCUT2D eigenvalue weighted by Crippen LogP contribution is -2.36. The minimum absolute atomic E-state index is 0.0187. The van der Waals surface area contributed by atoms with Gasteiger partial charge in [0, 0.05) is 32.4 Å². The van der Waals surface area contributed by atoms with Crippen LogP contribution in [0.4, 0.5) is 19.0 Å². The number of halogens is 3. The number of alkyl halides is 3. The monoisotopic (exact) mass is 393 g/mol. The molecule has 150 valence electrons. The van der Waals surface area contributed by atoms with Crippen molar-refractivity contribution < 1.29 is 22.7 Å². The van der Waals surface area contributed by atoms with Crippen molar-refractivity contribution in [1.29, 1.82) is 0 Å². The van der Waals surface area contributed by atoms with Crippen LogP contribution in [0.2, 0.25) is 0 Å². The largest absolute Gasteiger partial charge is 0.493 e. The van der Waals surface area contributed by atoms with E-state index in [1.54, 1.807) is 9.80 Å². The van der Waals surface area contributed by atoms with Crippen molar-refractivity contribution in [3.05, 3.63) is 54.2 Å². The van der Waals surface area contributed by atoms with Gasteiger partial charge in [0.1, 0.15) is 11.6 Å². The Morgan fingerprint density at radius 1 is 1.07 bits per heavy atom. The Kier molecular flexibility index (Phi) is 6.38. The second-order valence-electron chi connectivity index (χ2n) is 6.53. The molecular weight excluding hydrogens is 371 g/mol. The summed E-state index contributed by atoms with van der Waals surface area (Å²) in [5.74, 6) is 0.985. The van der Waals surface area contributed by atoms with E-state index in [2.05, 4.69) is 4.98 Å². The van der Waals surface area contributed by atoms with E-state index in [1.807, 2.05) is 30.3 Å². The SMILES string of the molecule is O=C(CCOc1ccccc1)N1CCCN(c2cc(C(F)(F)F)ccn2)CC1. The van der Waals surface area contributed by atoms with Crippen molar-refractivity contribution in [3.8, 4) is 5.75 Å². The zero-order chi connectivity index (χ0) is 20.0.